The highest BCUT2D eigenvalue weighted by Gasteiger charge is 2.18. The van der Waals surface area contributed by atoms with Gasteiger partial charge in [0.2, 0.25) is 0 Å². The van der Waals surface area contributed by atoms with Gasteiger partial charge in [0.15, 0.2) is 0 Å². The van der Waals surface area contributed by atoms with Crippen LogP contribution in [0, 0.1) is 0 Å². The summed E-state index contributed by atoms with van der Waals surface area (Å²) in [6, 6.07) is 62.4. The van der Waals surface area contributed by atoms with Gasteiger partial charge < -0.3 is 4.90 Å². The molecule has 10 rings (SSSR count). The van der Waals surface area contributed by atoms with Crippen LogP contribution >= 0.6 is 11.3 Å². The zero-order valence-corrected chi connectivity index (χ0v) is 27.8. The normalized spacial score (nSPS) is 11.6. The maximum atomic E-state index is 5.41. The number of aromatic nitrogens is 2. The van der Waals surface area contributed by atoms with E-state index >= 15 is 0 Å². The summed E-state index contributed by atoms with van der Waals surface area (Å²) in [6.07, 6.45) is 0. The molecule has 0 radical (unpaired) electrons. The van der Waals surface area contributed by atoms with Crippen LogP contribution in [0.4, 0.5) is 17.1 Å². The molecule has 0 amide bonds. The summed E-state index contributed by atoms with van der Waals surface area (Å²) in [5.74, 6) is 0. The lowest BCUT2D eigenvalue weighted by Crippen LogP contribution is -2.09. The predicted octanol–water partition coefficient (Wildman–Crippen LogP) is 13.1. The molecule has 3 aromatic heterocycles. The van der Waals surface area contributed by atoms with Crippen LogP contribution in [-0.2, 0) is 0 Å². The molecule has 0 aliphatic rings. The van der Waals surface area contributed by atoms with Crippen LogP contribution in [0.3, 0.4) is 0 Å². The van der Waals surface area contributed by atoms with Crippen molar-refractivity contribution in [1.29, 1.82) is 0 Å². The van der Waals surface area contributed by atoms with Crippen LogP contribution in [-0.4, -0.2) is 9.97 Å². The molecule has 0 bridgehead atoms. The van der Waals surface area contributed by atoms with Crippen LogP contribution in [0.2, 0.25) is 0 Å². The minimum absolute atomic E-state index is 0.868. The van der Waals surface area contributed by atoms with Crippen molar-refractivity contribution in [3.05, 3.63) is 176 Å². The molecular weight excluding hydrogens is 627 g/mol. The highest BCUT2D eigenvalue weighted by atomic mass is 32.1. The summed E-state index contributed by atoms with van der Waals surface area (Å²) < 4.78 is 2.55. The fourth-order valence-corrected chi connectivity index (χ4v) is 8.40. The second-order valence-corrected chi connectivity index (χ2v) is 13.7. The average molecular weight is 656 g/mol. The first-order valence-corrected chi connectivity index (χ1v) is 17.6. The molecule has 0 aliphatic heterocycles. The van der Waals surface area contributed by atoms with Gasteiger partial charge in [0.1, 0.15) is 0 Å². The molecule has 50 heavy (non-hydrogen) atoms. The molecule has 0 N–H and O–H groups in total. The van der Waals surface area contributed by atoms with Gasteiger partial charge in [0, 0.05) is 59.0 Å². The number of nitrogens with zero attached hydrogens (tertiary/aromatic N) is 3. The molecule has 7 aromatic carbocycles. The number of thiophene rings is 1. The largest absolute Gasteiger partial charge is 0.311 e. The van der Waals surface area contributed by atoms with E-state index in [-0.39, 0.29) is 0 Å². The van der Waals surface area contributed by atoms with E-state index in [1.54, 1.807) is 0 Å². The van der Waals surface area contributed by atoms with Crippen LogP contribution in [0.5, 0.6) is 0 Å². The maximum absolute atomic E-state index is 5.41. The van der Waals surface area contributed by atoms with E-state index in [0.29, 0.717) is 0 Å². The first-order chi connectivity index (χ1) is 24.8. The Balaban J connectivity index is 1.15. The molecule has 234 valence electrons. The van der Waals surface area contributed by atoms with Crippen molar-refractivity contribution in [3.63, 3.8) is 0 Å². The topological polar surface area (TPSA) is 29.0 Å². The van der Waals surface area contributed by atoms with Crippen molar-refractivity contribution in [1.82, 2.24) is 9.97 Å². The zero-order chi connectivity index (χ0) is 33.0. The fraction of sp³-hybridized carbons (Fsp3) is 0. The summed E-state index contributed by atoms with van der Waals surface area (Å²) in [6.45, 7) is 0. The third-order valence-electron chi connectivity index (χ3n) is 9.61. The molecule has 0 fully saturated rings. The molecule has 10 aromatic rings. The summed E-state index contributed by atoms with van der Waals surface area (Å²) in [5, 5.41) is 8.28. The second-order valence-electron chi connectivity index (χ2n) is 12.6. The number of para-hydroxylation sites is 2. The van der Waals surface area contributed by atoms with Gasteiger partial charge in [-0.05, 0) is 71.4 Å². The summed E-state index contributed by atoms with van der Waals surface area (Å²) in [4.78, 5) is 13.1. The average Bonchev–Trinajstić information content (AvgIpc) is 3.55. The predicted molar refractivity (Wildman–Crippen MR) is 213 cm³/mol. The third kappa shape index (κ3) is 4.73. The molecule has 0 saturated carbocycles. The van der Waals surface area contributed by atoms with Crippen molar-refractivity contribution in [3.8, 4) is 22.6 Å². The SMILES string of the molecule is c1ccc(N(c2ccccc2)c2ccc(-c3nc(-c4nc5cc6sc7ccccc7c6cc5c5ccccc45)cc4ccccc34)cc2)cc1. The Hall–Kier alpha value is -6.36. The third-order valence-corrected chi connectivity index (χ3v) is 10.7. The highest BCUT2D eigenvalue weighted by Crippen LogP contribution is 2.41. The van der Waals surface area contributed by atoms with Gasteiger partial charge in [-0.15, -0.1) is 11.3 Å². The van der Waals surface area contributed by atoms with E-state index in [2.05, 4.69) is 181 Å². The smallest absolute Gasteiger partial charge is 0.0972 e. The van der Waals surface area contributed by atoms with Crippen molar-refractivity contribution < 1.29 is 0 Å². The molecular formula is C46H29N3S. The molecule has 0 unspecified atom stereocenters. The molecule has 0 aliphatic carbocycles. The van der Waals surface area contributed by atoms with Gasteiger partial charge >= 0.3 is 0 Å². The van der Waals surface area contributed by atoms with Gasteiger partial charge in [0.25, 0.3) is 0 Å². The minimum Gasteiger partial charge on any atom is -0.311 e. The van der Waals surface area contributed by atoms with Crippen LogP contribution < -0.4 is 4.90 Å². The molecule has 0 saturated heterocycles. The van der Waals surface area contributed by atoms with Crippen molar-refractivity contribution in [2.45, 2.75) is 0 Å². The Kier molecular flexibility index (Phi) is 6.68. The number of hydrogen-bond acceptors (Lipinski definition) is 4. The first kappa shape index (κ1) is 28.6. The number of fused-ring (bicyclic) bond motifs is 7. The van der Waals surface area contributed by atoms with E-state index in [1.807, 2.05) is 11.3 Å². The van der Waals surface area contributed by atoms with Gasteiger partial charge in [0.05, 0.1) is 22.6 Å². The Morgan fingerprint density at radius 1 is 0.380 bits per heavy atom. The van der Waals surface area contributed by atoms with Gasteiger partial charge in [-0.25, -0.2) is 9.97 Å². The van der Waals surface area contributed by atoms with E-state index in [9.17, 15) is 0 Å². The maximum Gasteiger partial charge on any atom is 0.0972 e. The van der Waals surface area contributed by atoms with E-state index in [1.165, 1.54) is 30.9 Å². The Bertz CT molecular complexity index is 2820. The number of hydrogen-bond donors (Lipinski definition) is 0. The van der Waals surface area contributed by atoms with Gasteiger partial charge in [-0.3, -0.25) is 0 Å². The van der Waals surface area contributed by atoms with E-state index in [0.717, 1.165) is 61.4 Å². The summed E-state index contributed by atoms with van der Waals surface area (Å²) in [5.41, 5.74) is 8.07. The Labute approximate surface area is 293 Å². The van der Waals surface area contributed by atoms with Crippen molar-refractivity contribution in [2.24, 2.45) is 0 Å². The molecule has 0 atom stereocenters. The van der Waals surface area contributed by atoms with Crippen LogP contribution in [0.1, 0.15) is 0 Å². The minimum atomic E-state index is 0.868. The summed E-state index contributed by atoms with van der Waals surface area (Å²) >= 11 is 1.83. The summed E-state index contributed by atoms with van der Waals surface area (Å²) in [7, 11) is 0. The van der Waals surface area contributed by atoms with E-state index in [4.69, 9.17) is 9.97 Å². The fourth-order valence-electron chi connectivity index (χ4n) is 7.28. The first-order valence-electron chi connectivity index (χ1n) is 16.8. The molecule has 3 heterocycles. The highest BCUT2D eigenvalue weighted by molar-refractivity contribution is 7.25. The molecule has 3 nitrogen and oxygen atoms in total. The van der Waals surface area contributed by atoms with Gasteiger partial charge in [-0.1, -0.05) is 115 Å². The number of rotatable bonds is 5. The van der Waals surface area contributed by atoms with Crippen LogP contribution in [0.25, 0.3) is 75.3 Å². The number of benzene rings is 7. The zero-order valence-electron chi connectivity index (χ0n) is 27.0. The van der Waals surface area contributed by atoms with E-state index < -0.39 is 0 Å². The number of anilines is 3. The van der Waals surface area contributed by atoms with Crippen molar-refractivity contribution in [2.75, 3.05) is 4.90 Å². The lowest BCUT2D eigenvalue weighted by molar-refractivity contribution is 1.28. The van der Waals surface area contributed by atoms with Crippen molar-refractivity contribution >= 4 is 81.0 Å². The standard InChI is InChI=1S/C46H29N3S/c1-3-14-32(15-4-1)49(33-16-5-2-6-17-33)34-25-23-30(24-26-34)45-35-18-8-7-13-31(35)27-42(48-45)46-38-21-10-9-19-36(38)39-28-40-37-20-11-12-22-43(37)50-44(40)29-41(39)47-46/h1-29H. The number of pyridine rings is 2. The van der Waals surface area contributed by atoms with Crippen LogP contribution in [0.15, 0.2) is 176 Å². The lowest BCUT2D eigenvalue weighted by Gasteiger charge is -2.25. The second kappa shape index (κ2) is 11.7. The Morgan fingerprint density at radius 3 is 1.72 bits per heavy atom. The quantitative estimate of drug-likeness (QED) is 0.173. The Morgan fingerprint density at radius 2 is 0.980 bits per heavy atom. The molecule has 4 heteroatoms. The molecule has 0 spiro atoms. The lowest BCUT2D eigenvalue weighted by atomic mass is 9.98. The van der Waals surface area contributed by atoms with Gasteiger partial charge in [-0.2, -0.15) is 0 Å². The monoisotopic (exact) mass is 655 g/mol.